The highest BCUT2D eigenvalue weighted by molar-refractivity contribution is 9.10. The first-order valence-corrected chi connectivity index (χ1v) is 9.97. The van der Waals surface area contributed by atoms with Crippen LogP contribution in [0.2, 0.25) is 0 Å². The Kier molecular flexibility index (Phi) is 6.74. The standard InChI is InChI=1S/C22H18BrN3O2S/c1-14-5-2-9-18(11-14)24-20(27)16-7-4-10-19(13-16)25-22(29)26-21(28)15-6-3-8-17(23)12-15/h2-13H,1H3,(H,24,27)(H2,25,26,28,29). The minimum absolute atomic E-state index is 0.145. The van der Waals surface area contributed by atoms with Crippen LogP contribution < -0.4 is 16.0 Å². The fourth-order valence-corrected chi connectivity index (χ4v) is 3.24. The van der Waals surface area contributed by atoms with Crippen LogP contribution in [-0.2, 0) is 0 Å². The van der Waals surface area contributed by atoms with E-state index < -0.39 is 0 Å². The minimum Gasteiger partial charge on any atom is -0.332 e. The lowest BCUT2D eigenvalue weighted by Crippen LogP contribution is -2.34. The van der Waals surface area contributed by atoms with Crippen LogP contribution in [0, 0.1) is 6.92 Å². The molecule has 0 fully saturated rings. The number of aryl methyl sites for hydroxylation is 1. The van der Waals surface area contributed by atoms with Gasteiger partial charge < -0.3 is 10.6 Å². The topological polar surface area (TPSA) is 70.2 Å². The van der Waals surface area contributed by atoms with Crippen LogP contribution in [0.3, 0.4) is 0 Å². The van der Waals surface area contributed by atoms with Gasteiger partial charge in [0, 0.05) is 27.0 Å². The van der Waals surface area contributed by atoms with Gasteiger partial charge in [-0.1, -0.05) is 40.2 Å². The molecule has 0 saturated heterocycles. The number of hydrogen-bond donors (Lipinski definition) is 3. The molecule has 0 heterocycles. The molecule has 3 aromatic rings. The molecule has 0 aromatic heterocycles. The van der Waals surface area contributed by atoms with Gasteiger partial charge in [0.05, 0.1) is 0 Å². The third-order valence-corrected chi connectivity index (χ3v) is 4.67. The zero-order valence-electron chi connectivity index (χ0n) is 15.5. The van der Waals surface area contributed by atoms with Gasteiger partial charge in [0.2, 0.25) is 0 Å². The van der Waals surface area contributed by atoms with Gasteiger partial charge in [-0.05, 0) is 73.2 Å². The van der Waals surface area contributed by atoms with Crippen molar-refractivity contribution in [1.29, 1.82) is 0 Å². The molecule has 3 N–H and O–H groups in total. The number of hydrogen-bond acceptors (Lipinski definition) is 3. The molecule has 3 aromatic carbocycles. The van der Waals surface area contributed by atoms with Crippen LogP contribution in [-0.4, -0.2) is 16.9 Å². The van der Waals surface area contributed by atoms with Crippen molar-refractivity contribution in [2.45, 2.75) is 6.92 Å². The normalized spacial score (nSPS) is 10.1. The van der Waals surface area contributed by atoms with Gasteiger partial charge in [-0.25, -0.2) is 0 Å². The second kappa shape index (κ2) is 9.45. The summed E-state index contributed by atoms with van der Waals surface area (Å²) in [5.41, 5.74) is 3.34. The Hall–Kier alpha value is -3.03. The number of thiocarbonyl (C=S) groups is 1. The molecule has 7 heteroatoms. The lowest BCUT2D eigenvalue weighted by molar-refractivity contribution is 0.0976. The van der Waals surface area contributed by atoms with Crippen molar-refractivity contribution in [2.75, 3.05) is 10.6 Å². The van der Waals surface area contributed by atoms with E-state index in [0.29, 0.717) is 16.8 Å². The first-order chi connectivity index (χ1) is 13.9. The molecule has 5 nitrogen and oxygen atoms in total. The van der Waals surface area contributed by atoms with Gasteiger partial charge in [-0.15, -0.1) is 0 Å². The number of rotatable bonds is 4. The average Bonchev–Trinajstić information content (AvgIpc) is 2.68. The summed E-state index contributed by atoms with van der Waals surface area (Å²) in [5, 5.41) is 8.57. The summed E-state index contributed by atoms with van der Waals surface area (Å²) in [4.78, 5) is 24.8. The van der Waals surface area contributed by atoms with Crippen molar-refractivity contribution < 1.29 is 9.59 Å². The Labute approximate surface area is 182 Å². The van der Waals surface area contributed by atoms with E-state index >= 15 is 0 Å². The monoisotopic (exact) mass is 467 g/mol. The number of nitrogens with one attached hydrogen (secondary N) is 3. The Morgan fingerprint density at radius 3 is 2.10 bits per heavy atom. The van der Waals surface area contributed by atoms with Crippen LogP contribution in [0.15, 0.2) is 77.3 Å². The van der Waals surface area contributed by atoms with E-state index in [4.69, 9.17) is 12.2 Å². The number of carbonyl (C=O) groups excluding carboxylic acids is 2. The smallest absolute Gasteiger partial charge is 0.257 e. The Bertz CT molecular complexity index is 1080. The van der Waals surface area contributed by atoms with Gasteiger partial charge in [-0.2, -0.15) is 0 Å². The molecule has 3 rings (SSSR count). The molecule has 146 valence electrons. The van der Waals surface area contributed by atoms with Crippen LogP contribution in [0.1, 0.15) is 26.3 Å². The third-order valence-electron chi connectivity index (χ3n) is 3.97. The summed E-state index contributed by atoms with van der Waals surface area (Å²) in [5.74, 6) is -0.555. The molecule has 0 unspecified atom stereocenters. The maximum absolute atomic E-state index is 12.5. The van der Waals surface area contributed by atoms with Crippen LogP contribution >= 0.6 is 28.1 Å². The Morgan fingerprint density at radius 2 is 1.41 bits per heavy atom. The van der Waals surface area contributed by atoms with Crippen molar-refractivity contribution in [3.8, 4) is 0 Å². The van der Waals surface area contributed by atoms with Crippen molar-refractivity contribution in [3.63, 3.8) is 0 Å². The van der Waals surface area contributed by atoms with Crippen molar-refractivity contribution in [3.05, 3.63) is 94.0 Å². The molecule has 0 aliphatic heterocycles. The van der Waals surface area contributed by atoms with Gasteiger partial charge in [0.25, 0.3) is 11.8 Å². The lowest BCUT2D eigenvalue weighted by atomic mass is 10.1. The Balaban J connectivity index is 1.63. The highest BCUT2D eigenvalue weighted by Crippen LogP contribution is 2.15. The zero-order chi connectivity index (χ0) is 20.8. The van der Waals surface area contributed by atoms with Crippen molar-refractivity contribution in [2.24, 2.45) is 0 Å². The molecule has 0 atom stereocenters. The number of carbonyl (C=O) groups is 2. The van der Waals surface area contributed by atoms with Gasteiger partial charge >= 0.3 is 0 Å². The molecule has 0 bridgehead atoms. The fraction of sp³-hybridized carbons (Fsp3) is 0.0455. The van der Waals surface area contributed by atoms with Gasteiger partial charge in [0.15, 0.2) is 5.11 Å². The molecular weight excluding hydrogens is 450 g/mol. The molecular formula is C22H18BrN3O2S. The number of benzene rings is 3. The molecule has 0 saturated carbocycles. The highest BCUT2D eigenvalue weighted by Gasteiger charge is 2.10. The molecule has 29 heavy (non-hydrogen) atoms. The van der Waals surface area contributed by atoms with E-state index in [1.807, 2.05) is 37.3 Å². The second-order valence-electron chi connectivity index (χ2n) is 6.32. The predicted octanol–water partition coefficient (Wildman–Crippen LogP) is 5.14. The van der Waals surface area contributed by atoms with E-state index in [0.717, 1.165) is 15.7 Å². The third kappa shape index (κ3) is 5.97. The molecule has 0 radical (unpaired) electrons. The maximum atomic E-state index is 12.5. The van der Waals surface area contributed by atoms with Crippen LogP contribution in [0.5, 0.6) is 0 Å². The summed E-state index contributed by atoms with van der Waals surface area (Å²) >= 11 is 8.55. The van der Waals surface area contributed by atoms with Crippen molar-refractivity contribution >= 4 is 56.4 Å². The first-order valence-electron chi connectivity index (χ1n) is 8.77. The quantitative estimate of drug-likeness (QED) is 0.464. The summed E-state index contributed by atoms with van der Waals surface area (Å²) in [6.45, 7) is 1.96. The summed E-state index contributed by atoms with van der Waals surface area (Å²) in [6, 6.07) is 21.5. The predicted molar refractivity (Wildman–Crippen MR) is 123 cm³/mol. The van der Waals surface area contributed by atoms with E-state index in [2.05, 4.69) is 31.9 Å². The first kappa shape index (κ1) is 20.7. The minimum atomic E-state index is -0.322. The SMILES string of the molecule is Cc1cccc(NC(=O)c2cccc(NC(=S)NC(=O)c3cccc(Br)c3)c2)c1. The van der Waals surface area contributed by atoms with E-state index in [1.54, 1.807) is 42.5 Å². The molecule has 2 amide bonds. The summed E-state index contributed by atoms with van der Waals surface area (Å²) in [6.07, 6.45) is 0. The van der Waals surface area contributed by atoms with Crippen LogP contribution in [0.25, 0.3) is 0 Å². The van der Waals surface area contributed by atoms with Gasteiger partial charge in [-0.3, -0.25) is 14.9 Å². The largest absolute Gasteiger partial charge is 0.332 e. The number of halogens is 1. The van der Waals surface area contributed by atoms with Crippen molar-refractivity contribution in [1.82, 2.24) is 5.32 Å². The highest BCUT2D eigenvalue weighted by atomic mass is 79.9. The van der Waals surface area contributed by atoms with Crippen LogP contribution in [0.4, 0.5) is 11.4 Å². The fourth-order valence-electron chi connectivity index (χ4n) is 2.63. The number of amides is 2. The second-order valence-corrected chi connectivity index (χ2v) is 7.65. The average molecular weight is 468 g/mol. The van der Waals surface area contributed by atoms with E-state index in [9.17, 15) is 9.59 Å². The zero-order valence-corrected chi connectivity index (χ0v) is 17.9. The molecule has 0 spiro atoms. The van der Waals surface area contributed by atoms with E-state index in [-0.39, 0.29) is 16.9 Å². The molecule has 0 aliphatic carbocycles. The number of anilines is 2. The maximum Gasteiger partial charge on any atom is 0.257 e. The van der Waals surface area contributed by atoms with E-state index in [1.165, 1.54) is 0 Å². The van der Waals surface area contributed by atoms with Gasteiger partial charge in [0.1, 0.15) is 0 Å². The molecule has 0 aliphatic rings. The Morgan fingerprint density at radius 1 is 0.793 bits per heavy atom. The summed E-state index contributed by atoms with van der Waals surface area (Å²) in [7, 11) is 0. The summed E-state index contributed by atoms with van der Waals surface area (Å²) < 4.78 is 0.802. The lowest BCUT2D eigenvalue weighted by Gasteiger charge is -2.11.